The zero-order chi connectivity index (χ0) is 17.7. The fourth-order valence-electron chi connectivity index (χ4n) is 2.65. The molecule has 0 aromatic rings. The van der Waals surface area contributed by atoms with E-state index in [0.717, 1.165) is 51.7 Å². The minimum Gasteiger partial charge on any atom is -0.311 e. The average Bonchev–Trinajstić information content (AvgIpc) is 2.51. The normalized spacial score (nSPS) is 12.8. The molecule has 0 aliphatic rings. The lowest BCUT2D eigenvalue weighted by molar-refractivity contribution is -0.120. The van der Waals surface area contributed by atoms with Crippen molar-refractivity contribution >= 4 is 11.6 Å². The molecule has 1 atom stereocenters. The van der Waals surface area contributed by atoms with Gasteiger partial charge in [0.1, 0.15) is 11.6 Å². The summed E-state index contributed by atoms with van der Waals surface area (Å²) in [6.07, 6.45) is 6.06. The van der Waals surface area contributed by atoms with E-state index in [9.17, 15) is 9.59 Å². The molecular formula is C18H37N3O2. The summed E-state index contributed by atoms with van der Waals surface area (Å²) < 4.78 is 0. The van der Waals surface area contributed by atoms with Crippen LogP contribution in [0.2, 0.25) is 0 Å². The van der Waals surface area contributed by atoms with Gasteiger partial charge >= 0.3 is 0 Å². The third-order valence-electron chi connectivity index (χ3n) is 4.29. The van der Waals surface area contributed by atoms with Gasteiger partial charge in [0.2, 0.25) is 0 Å². The third kappa shape index (κ3) is 12.3. The van der Waals surface area contributed by atoms with E-state index in [2.05, 4.69) is 22.2 Å². The van der Waals surface area contributed by atoms with E-state index >= 15 is 0 Å². The van der Waals surface area contributed by atoms with E-state index < -0.39 is 0 Å². The molecular weight excluding hydrogens is 290 g/mol. The van der Waals surface area contributed by atoms with Crippen LogP contribution in [0.5, 0.6) is 0 Å². The number of nitrogens with one attached hydrogen (secondary N) is 1. The standard InChI is InChI=1S/C18H37N3O2/c1-6-17(23)15-21(5)14-10-9-13-20(4)12-8-7-11-18(19-3)16(2)22/h18-19H,6-15H2,1-5H3. The summed E-state index contributed by atoms with van der Waals surface area (Å²) in [5.74, 6) is 0.543. The van der Waals surface area contributed by atoms with Crippen molar-refractivity contribution in [3.63, 3.8) is 0 Å². The molecule has 5 nitrogen and oxygen atoms in total. The molecule has 0 radical (unpaired) electrons. The Hall–Kier alpha value is -0.780. The van der Waals surface area contributed by atoms with Gasteiger partial charge in [-0.25, -0.2) is 0 Å². The number of likely N-dealkylation sites (N-methyl/N-ethyl adjacent to an activating group) is 2. The van der Waals surface area contributed by atoms with Crippen molar-refractivity contribution in [3.8, 4) is 0 Å². The van der Waals surface area contributed by atoms with Crippen molar-refractivity contribution in [2.24, 2.45) is 0 Å². The minimum absolute atomic E-state index is 0.0154. The molecule has 0 aromatic carbocycles. The Morgan fingerprint density at radius 2 is 1.48 bits per heavy atom. The first kappa shape index (κ1) is 22.2. The second kappa shape index (κ2) is 13.6. The van der Waals surface area contributed by atoms with E-state index in [4.69, 9.17) is 0 Å². The van der Waals surface area contributed by atoms with Crippen molar-refractivity contribution in [2.45, 2.75) is 58.4 Å². The number of hydrogen-bond donors (Lipinski definition) is 1. The number of rotatable bonds is 15. The lowest BCUT2D eigenvalue weighted by Gasteiger charge is -2.19. The van der Waals surface area contributed by atoms with Crippen molar-refractivity contribution in [1.29, 1.82) is 0 Å². The highest BCUT2D eigenvalue weighted by molar-refractivity contribution is 5.81. The smallest absolute Gasteiger partial charge is 0.146 e. The number of hydrogen-bond acceptors (Lipinski definition) is 5. The molecule has 23 heavy (non-hydrogen) atoms. The van der Waals surface area contributed by atoms with Crippen LogP contribution in [0.1, 0.15) is 52.4 Å². The van der Waals surface area contributed by atoms with Gasteiger partial charge in [-0.1, -0.05) is 13.3 Å². The Labute approximate surface area is 142 Å². The number of ketones is 2. The molecule has 1 unspecified atom stereocenters. The highest BCUT2D eigenvalue weighted by Gasteiger charge is 2.10. The maximum atomic E-state index is 11.3. The Bertz CT molecular complexity index is 334. The first-order chi connectivity index (χ1) is 10.9. The van der Waals surface area contributed by atoms with Crippen LogP contribution in [-0.4, -0.2) is 74.7 Å². The molecule has 136 valence electrons. The van der Waals surface area contributed by atoms with Gasteiger partial charge < -0.3 is 10.2 Å². The van der Waals surface area contributed by atoms with Crippen LogP contribution < -0.4 is 5.32 Å². The molecule has 0 aromatic heterocycles. The first-order valence-electron chi connectivity index (χ1n) is 8.97. The first-order valence-corrected chi connectivity index (χ1v) is 8.97. The second-order valence-corrected chi connectivity index (χ2v) is 6.59. The summed E-state index contributed by atoms with van der Waals surface area (Å²) in [5.41, 5.74) is 0. The van der Waals surface area contributed by atoms with Crippen molar-refractivity contribution in [3.05, 3.63) is 0 Å². The Morgan fingerprint density at radius 3 is 1.96 bits per heavy atom. The highest BCUT2D eigenvalue weighted by atomic mass is 16.1. The summed E-state index contributed by atoms with van der Waals surface area (Å²) in [6, 6.07) is 0.0154. The van der Waals surface area contributed by atoms with Gasteiger partial charge in [0.15, 0.2) is 0 Å². The van der Waals surface area contributed by atoms with Crippen LogP contribution >= 0.6 is 0 Å². The molecule has 0 amide bonds. The lowest BCUT2D eigenvalue weighted by atomic mass is 10.1. The summed E-state index contributed by atoms with van der Waals surface area (Å²) in [6.45, 7) is 7.31. The molecule has 0 rings (SSSR count). The quantitative estimate of drug-likeness (QED) is 0.466. The molecule has 0 heterocycles. The van der Waals surface area contributed by atoms with Crippen molar-refractivity contribution < 1.29 is 9.59 Å². The molecule has 0 aliphatic carbocycles. The topological polar surface area (TPSA) is 52.7 Å². The van der Waals surface area contributed by atoms with Crippen LogP contribution in [0, 0.1) is 0 Å². The van der Waals surface area contributed by atoms with Crippen LogP contribution in [0.25, 0.3) is 0 Å². The minimum atomic E-state index is 0.0154. The lowest BCUT2D eigenvalue weighted by Crippen LogP contribution is -2.32. The number of nitrogens with zero attached hydrogens (tertiary/aromatic N) is 2. The number of unbranched alkanes of at least 4 members (excludes halogenated alkanes) is 2. The molecule has 1 N–H and O–H groups in total. The van der Waals surface area contributed by atoms with Gasteiger partial charge in [0.25, 0.3) is 0 Å². The molecule has 0 spiro atoms. The number of Topliss-reactive ketones (excluding diaryl/α,β-unsaturated/α-hetero) is 2. The maximum absolute atomic E-state index is 11.3. The van der Waals surface area contributed by atoms with Gasteiger partial charge in [0.05, 0.1) is 12.6 Å². The van der Waals surface area contributed by atoms with Crippen LogP contribution in [0.15, 0.2) is 0 Å². The van der Waals surface area contributed by atoms with Crippen LogP contribution in [-0.2, 0) is 9.59 Å². The van der Waals surface area contributed by atoms with E-state index in [1.54, 1.807) is 6.92 Å². The maximum Gasteiger partial charge on any atom is 0.146 e. The SMILES string of the molecule is CCC(=O)CN(C)CCCCN(C)CCCCC(NC)C(C)=O. The highest BCUT2D eigenvalue weighted by Crippen LogP contribution is 2.04. The van der Waals surface area contributed by atoms with Crippen LogP contribution in [0.4, 0.5) is 0 Å². The second-order valence-electron chi connectivity index (χ2n) is 6.59. The molecule has 0 aliphatic heterocycles. The predicted octanol–water partition coefficient (Wildman–Crippen LogP) is 1.96. The number of carbonyl (C=O) groups excluding carboxylic acids is 2. The average molecular weight is 328 g/mol. The monoisotopic (exact) mass is 327 g/mol. The van der Waals surface area contributed by atoms with E-state index in [1.807, 2.05) is 21.0 Å². The molecule has 0 saturated heterocycles. The van der Waals surface area contributed by atoms with Gasteiger partial charge in [0, 0.05) is 6.42 Å². The van der Waals surface area contributed by atoms with Crippen molar-refractivity contribution in [1.82, 2.24) is 15.1 Å². The van der Waals surface area contributed by atoms with Gasteiger partial charge in [-0.3, -0.25) is 14.5 Å². The van der Waals surface area contributed by atoms with E-state index in [1.165, 1.54) is 0 Å². The third-order valence-corrected chi connectivity index (χ3v) is 4.29. The van der Waals surface area contributed by atoms with Crippen molar-refractivity contribution in [2.75, 3.05) is 47.3 Å². The van der Waals surface area contributed by atoms with Gasteiger partial charge in [-0.05, 0) is 73.4 Å². The summed E-state index contributed by atoms with van der Waals surface area (Å²) in [5, 5.41) is 3.07. The predicted molar refractivity (Wildman–Crippen MR) is 96.9 cm³/mol. The largest absolute Gasteiger partial charge is 0.311 e. The zero-order valence-electron chi connectivity index (χ0n) is 15.9. The zero-order valence-corrected chi connectivity index (χ0v) is 15.9. The van der Waals surface area contributed by atoms with E-state index in [-0.39, 0.29) is 11.8 Å². The number of carbonyl (C=O) groups is 2. The molecule has 5 heteroatoms. The molecule has 0 fully saturated rings. The summed E-state index contributed by atoms with van der Waals surface area (Å²) >= 11 is 0. The summed E-state index contributed by atoms with van der Waals surface area (Å²) in [7, 11) is 6.03. The van der Waals surface area contributed by atoms with Crippen LogP contribution in [0.3, 0.4) is 0 Å². The molecule has 0 bridgehead atoms. The fraction of sp³-hybridized carbons (Fsp3) is 0.889. The molecule has 0 saturated carbocycles. The summed E-state index contributed by atoms with van der Waals surface area (Å²) in [4.78, 5) is 27.1. The Balaban J connectivity index is 3.59. The van der Waals surface area contributed by atoms with Gasteiger partial charge in [-0.2, -0.15) is 0 Å². The van der Waals surface area contributed by atoms with Gasteiger partial charge in [-0.15, -0.1) is 0 Å². The van der Waals surface area contributed by atoms with E-state index in [0.29, 0.717) is 18.7 Å². The Morgan fingerprint density at radius 1 is 0.957 bits per heavy atom. The Kier molecular flexibility index (Phi) is 13.2. The fourth-order valence-corrected chi connectivity index (χ4v) is 2.65.